The zero-order chi connectivity index (χ0) is 14.7. The summed E-state index contributed by atoms with van der Waals surface area (Å²) in [4.78, 5) is 5.26. The largest absolute Gasteiger partial charge is 0.318 e. The van der Waals surface area contributed by atoms with Crippen molar-refractivity contribution in [3.05, 3.63) is 35.9 Å². The Morgan fingerprint density at radius 3 is 2.76 bits per heavy atom. The van der Waals surface area contributed by atoms with Crippen molar-refractivity contribution >= 4 is 0 Å². The van der Waals surface area contributed by atoms with Gasteiger partial charge in [-0.15, -0.1) is 0 Å². The average Bonchev–Trinajstić information content (AvgIpc) is 3.05. The van der Waals surface area contributed by atoms with E-state index in [0.717, 1.165) is 31.0 Å². The highest BCUT2D eigenvalue weighted by Crippen LogP contribution is 2.40. The van der Waals surface area contributed by atoms with E-state index in [1.165, 1.54) is 38.0 Å². The van der Waals surface area contributed by atoms with E-state index in [1.807, 2.05) is 7.05 Å². The van der Waals surface area contributed by atoms with E-state index in [0.29, 0.717) is 0 Å². The summed E-state index contributed by atoms with van der Waals surface area (Å²) < 4.78 is 0. The van der Waals surface area contributed by atoms with Gasteiger partial charge >= 0.3 is 0 Å². The maximum Gasteiger partial charge on any atom is 0.0233 e. The first-order valence-corrected chi connectivity index (χ1v) is 8.39. The fourth-order valence-electron chi connectivity index (χ4n) is 4.30. The van der Waals surface area contributed by atoms with Gasteiger partial charge in [-0.1, -0.05) is 30.3 Å². The SMILES string of the molecule is CNCCN(C)[C@@H]1CC[C@H]2CN(Cc3ccccc3)C[C@@H]21. The molecule has 3 heteroatoms. The van der Waals surface area contributed by atoms with Gasteiger partial charge in [0.15, 0.2) is 0 Å². The number of likely N-dealkylation sites (tertiary alicyclic amines) is 1. The number of hydrogen-bond acceptors (Lipinski definition) is 3. The summed E-state index contributed by atoms with van der Waals surface area (Å²) in [7, 11) is 4.35. The van der Waals surface area contributed by atoms with Crippen LogP contribution in [-0.2, 0) is 6.54 Å². The van der Waals surface area contributed by atoms with E-state index < -0.39 is 0 Å². The van der Waals surface area contributed by atoms with Crippen LogP contribution in [-0.4, -0.2) is 56.1 Å². The van der Waals surface area contributed by atoms with E-state index >= 15 is 0 Å². The standard InChI is InChI=1S/C18H29N3/c1-19-10-11-20(2)18-9-8-16-13-21(14-17(16)18)12-15-6-4-3-5-7-15/h3-7,16-19H,8-14H2,1-2H3/t16-,17-,18+/m0/s1. The van der Waals surface area contributed by atoms with Crippen molar-refractivity contribution in [2.45, 2.75) is 25.4 Å². The monoisotopic (exact) mass is 287 g/mol. The topological polar surface area (TPSA) is 18.5 Å². The van der Waals surface area contributed by atoms with Gasteiger partial charge in [0.2, 0.25) is 0 Å². The van der Waals surface area contributed by atoms with Crippen LogP contribution in [0.25, 0.3) is 0 Å². The average molecular weight is 287 g/mol. The van der Waals surface area contributed by atoms with Gasteiger partial charge in [0.1, 0.15) is 0 Å². The second-order valence-corrected chi connectivity index (χ2v) is 6.83. The van der Waals surface area contributed by atoms with Gasteiger partial charge in [-0.3, -0.25) is 4.90 Å². The van der Waals surface area contributed by atoms with Gasteiger partial charge in [-0.25, -0.2) is 0 Å². The van der Waals surface area contributed by atoms with Gasteiger partial charge in [0.05, 0.1) is 0 Å². The van der Waals surface area contributed by atoms with Crippen LogP contribution in [0, 0.1) is 11.8 Å². The minimum atomic E-state index is 0.795. The maximum absolute atomic E-state index is 3.27. The van der Waals surface area contributed by atoms with Crippen molar-refractivity contribution in [1.29, 1.82) is 0 Å². The molecule has 1 aromatic carbocycles. The minimum Gasteiger partial charge on any atom is -0.318 e. The van der Waals surface area contributed by atoms with E-state index in [-0.39, 0.29) is 0 Å². The third-order valence-corrected chi connectivity index (χ3v) is 5.42. The molecular formula is C18H29N3. The lowest BCUT2D eigenvalue weighted by molar-refractivity contribution is 0.184. The second-order valence-electron chi connectivity index (χ2n) is 6.83. The molecular weight excluding hydrogens is 258 g/mol. The lowest BCUT2D eigenvalue weighted by atomic mass is 9.97. The molecule has 1 heterocycles. The molecule has 3 rings (SSSR count). The molecule has 116 valence electrons. The van der Waals surface area contributed by atoms with Crippen LogP contribution in [0.5, 0.6) is 0 Å². The van der Waals surface area contributed by atoms with Crippen LogP contribution in [0.15, 0.2) is 30.3 Å². The van der Waals surface area contributed by atoms with Crippen LogP contribution in [0.3, 0.4) is 0 Å². The van der Waals surface area contributed by atoms with Crippen LogP contribution in [0.4, 0.5) is 0 Å². The fraction of sp³-hybridized carbons (Fsp3) is 0.667. The Balaban J connectivity index is 1.56. The number of benzene rings is 1. The van der Waals surface area contributed by atoms with Gasteiger partial charge in [-0.05, 0) is 44.3 Å². The van der Waals surface area contributed by atoms with Gasteiger partial charge in [0, 0.05) is 38.8 Å². The molecule has 0 spiro atoms. The van der Waals surface area contributed by atoms with Crippen molar-refractivity contribution in [3.63, 3.8) is 0 Å². The summed E-state index contributed by atoms with van der Waals surface area (Å²) in [5, 5.41) is 3.27. The Morgan fingerprint density at radius 2 is 2.00 bits per heavy atom. The molecule has 1 saturated carbocycles. The molecule has 3 nitrogen and oxygen atoms in total. The van der Waals surface area contributed by atoms with Crippen LogP contribution < -0.4 is 5.32 Å². The third-order valence-electron chi connectivity index (χ3n) is 5.42. The molecule has 21 heavy (non-hydrogen) atoms. The fourth-order valence-corrected chi connectivity index (χ4v) is 4.30. The quantitative estimate of drug-likeness (QED) is 0.864. The van der Waals surface area contributed by atoms with Crippen LogP contribution in [0.2, 0.25) is 0 Å². The summed E-state index contributed by atoms with van der Waals surface area (Å²) in [5.41, 5.74) is 1.46. The first kappa shape index (κ1) is 15.0. The summed E-state index contributed by atoms with van der Waals surface area (Å²) in [6.45, 7) is 5.98. The number of hydrogen-bond donors (Lipinski definition) is 1. The zero-order valence-corrected chi connectivity index (χ0v) is 13.5. The summed E-state index contributed by atoms with van der Waals surface area (Å²) in [6, 6.07) is 11.7. The Kier molecular flexibility index (Phi) is 4.94. The molecule has 1 aromatic rings. The van der Waals surface area contributed by atoms with E-state index in [1.54, 1.807) is 0 Å². The van der Waals surface area contributed by atoms with Crippen molar-refractivity contribution in [2.24, 2.45) is 11.8 Å². The van der Waals surface area contributed by atoms with Crippen LogP contribution >= 0.6 is 0 Å². The molecule has 1 saturated heterocycles. The normalized spacial score (nSPS) is 29.2. The molecule has 0 bridgehead atoms. The maximum atomic E-state index is 3.27. The predicted molar refractivity (Wildman–Crippen MR) is 88.3 cm³/mol. The third kappa shape index (κ3) is 3.47. The summed E-state index contributed by atoms with van der Waals surface area (Å²) >= 11 is 0. The molecule has 1 N–H and O–H groups in total. The lowest BCUT2D eigenvalue weighted by Crippen LogP contribution is -2.40. The Labute approximate surface area is 129 Å². The predicted octanol–water partition coefficient (Wildman–Crippen LogP) is 2.05. The first-order chi connectivity index (χ1) is 10.3. The van der Waals surface area contributed by atoms with E-state index in [9.17, 15) is 0 Å². The highest BCUT2D eigenvalue weighted by molar-refractivity contribution is 5.15. The highest BCUT2D eigenvalue weighted by atomic mass is 15.2. The van der Waals surface area contributed by atoms with Gasteiger partial charge < -0.3 is 10.2 Å². The van der Waals surface area contributed by atoms with Gasteiger partial charge in [-0.2, -0.15) is 0 Å². The van der Waals surface area contributed by atoms with E-state index in [2.05, 4.69) is 52.5 Å². The Hall–Kier alpha value is -0.900. The molecule has 0 aromatic heterocycles. The molecule has 2 aliphatic rings. The number of nitrogens with one attached hydrogen (secondary N) is 1. The minimum absolute atomic E-state index is 0.795. The Bertz CT molecular complexity index is 433. The molecule has 3 atom stereocenters. The van der Waals surface area contributed by atoms with Crippen molar-refractivity contribution in [1.82, 2.24) is 15.1 Å². The molecule has 0 radical (unpaired) electrons. The summed E-state index contributed by atoms with van der Waals surface area (Å²) in [5.74, 6) is 1.81. The van der Waals surface area contributed by atoms with Crippen molar-refractivity contribution in [3.8, 4) is 0 Å². The van der Waals surface area contributed by atoms with Gasteiger partial charge in [0.25, 0.3) is 0 Å². The number of fused-ring (bicyclic) bond motifs is 1. The number of rotatable bonds is 6. The molecule has 2 fully saturated rings. The lowest BCUT2D eigenvalue weighted by Gasteiger charge is -2.29. The molecule has 0 amide bonds. The number of likely N-dealkylation sites (N-methyl/N-ethyl adjacent to an activating group) is 2. The van der Waals surface area contributed by atoms with E-state index in [4.69, 9.17) is 0 Å². The second kappa shape index (κ2) is 6.91. The van der Waals surface area contributed by atoms with Crippen LogP contribution in [0.1, 0.15) is 18.4 Å². The molecule has 1 aliphatic heterocycles. The van der Waals surface area contributed by atoms with Crippen molar-refractivity contribution in [2.75, 3.05) is 40.3 Å². The highest BCUT2D eigenvalue weighted by Gasteiger charge is 2.43. The molecule has 1 aliphatic carbocycles. The summed E-state index contributed by atoms with van der Waals surface area (Å²) in [6.07, 6.45) is 2.82. The zero-order valence-electron chi connectivity index (χ0n) is 13.5. The molecule has 0 unspecified atom stereocenters. The number of nitrogens with zero attached hydrogens (tertiary/aromatic N) is 2. The Morgan fingerprint density at radius 1 is 1.19 bits per heavy atom. The smallest absolute Gasteiger partial charge is 0.0233 e. The first-order valence-electron chi connectivity index (χ1n) is 8.39. The van der Waals surface area contributed by atoms with Crippen molar-refractivity contribution < 1.29 is 0 Å².